The van der Waals surface area contributed by atoms with Crippen LogP contribution in [-0.2, 0) is 0 Å². The Morgan fingerprint density at radius 2 is 2.43 bits per heavy atom. The van der Waals surface area contributed by atoms with Crippen LogP contribution in [-0.4, -0.2) is 29.2 Å². The quantitative estimate of drug-likeness (QED) is 0.521. The van der Waals surface area contributed by atoms with E-state index in [1.54, 1.807) is 30.8 Å². The van der Waals surface area contributed by atoms with Gasteiger partial charge in [-0.2, -0.15) is 0 Å². The molecule has 0 aliphatic heterocycles. The third-order valence-corrected chi connectivity index (χ3v) is 3.02. The highest BCUT2D eigenvalue weighted by atomic mass is 16.6. The van der Waals surface area contributed by atoms with Crippen molar-refractivity contribution in [2.45, 2.75) is 12.5 Å². The van der Waals surface area contributed by atoms with Crippen LogP contribution >= 0.6 is 0 Å². The van der Waals surface area contributed by atoms with Crippen molar-refractivity contribution in [1.82, 2.24) is 10.3 Å². The predicted molar refractivity (Wildman–Crippen MR) is 81.6 cm³/mol. The van der Waals surface area contributed by atoms with Gasteiger partial charge in [0, 0.05) is 30.2 Å². The molecule has 1 aromatic heterocycles. The second-order valence-corrected chi connectivity index (χ2v) is 4.44. The maximum Gasteiger partial charge on any atom is 0.250 e. The lowest BCUT2D eigenvalue weighted by Gasteiger charge is -2.13. The van der Waals surface area contributed by atoms with E-state index < -0.39 is 0 Å². The molecule has 1 aromatic rings. The maximum atomic E-state index is 10.9. The van der Waals surface area contributed by atoms with Crippen molar-refractivity contribution in [3.63, 3.8) is 0 Å². The van der Waals surface area contributed by atoms with E-state index in [1.807, 2.05) is 25.3 Å². The fraction of sp³-hybridized carbons (Fsp3) is 0.200. The zero-order valence-corrected chi connectivity index (χ0v) is 11.6. The minimum atomic E-state index is -0.372. The van der Waals surface area contributed by atoms with Crippen molar-refractivity contribution < 1.29 is 4.92 Å². The summed E-state index contributed by atoms with van der Waals surface area (Å²) in [5.74, 6) is 0. The lowest BCUT2D eigenvalue weighted by Crippen LogP contribution is -2.25. The van der Waals surface area contributed by atoms with Crippen LogP contribution in [0.15, 0.2) is 65.2 Å². The summed E-state index contributed by atoms with van der Waals surface area (Å²) < 4.78 is 0. The Balaban J connectivity index is 2.24. The van der Waals surface area contributed by atoms with Crippen molar-refractivity contribution in [2.75, 3.05) is 7.05 Å². The van der Waals surface area contributed by atoms with Crippen molar-refractivity contribution in [3.8, 4) is 0 Å². The zero-order valence-electron chi connectivity index (χ0n) is 11.6. The summed E-state index contributed by atoms with van der Waals surface area (Å²) in [7, 11) is 1.82. The molecule has 0 aromatic carbocycles. The Kier molecular flexibility index (Phi) is 5.11. The average molecular weight is 284 g/mol. The van der Waals surface area contributed by atoms with E-state index in [2.05, 4.69) is 15.3 Å². The molecule has 0 saturated heterocycles. The van der Waals surface area contributed by atoms with Gasteiger partial charge in [-0.25, -0.2) is 0 Å². The van der Waals surface area contributed by atoms with Gasteiger partial charge < -0.3 is 5.32 Å². The number of likely N-dealkylation sites (N-methyl/N-ethyl adjacent to an activating group) is 1. The number of aliphatic imine (C=N–C) groups is 1. The first kappa shape index (κ1) is 14.8. The highest BCUT2D eigenvalue weighted by Crippen LogP contribution is 2.15. The molecule has 108 valence electrons. The first-order chi connectivity index (χ1) is 10.2. The highest BCUT2D eigenvalue weighted by Gasteiger charge is 2.14. The first-order valence-electron chi connectivity index (χ1n) is 6.54. The SMILES string of the molecule is CNC1C=C/C=C(/[N+](=O)[O-])C/C=C\1N=Cc1cccnc1. The average Bonchev–Trinajstić information content (AvgIpc) is 2.47. The summed E-state index contributed by atoms with van der Waals surface area (Å²) in [6.45, 7) is 0. The van der Waals surface area contributed by atoms with Gasteiger partial charge in [0.2, 0.25) is 5.70 Å². The smallest absolute Gasteiger partial charge is 0.250 e. The molecule has 1 aliphatic rings. The fourth-order valence-electron chi connectivity index (χ4n) is 1.89. The molecule has 6 heteroatoms. The number of hydrogen-bond donors (Lipinski definition) is 1. The standard InChI is InChI=1S/C15H16N4O2/c1-16-14-6-2-5-13(19(20)21)7-8-15(14)18-11-12-4-3-9-17-10-12/h2-6,8-11,14,16H,7H2,1H3/b6-2?,13-5+,15-8+,18-11?. The monoisotopic (exact) mass is 284 g/mol. The van der Waals surface area contributed by atoms with Crippen LogP contribution in [0, 0.1) is 10.1 Å². The molecular weight excluding hydrogens is 268 g/mol. The first-order valence-corrected chi connectivity index (χ1v) is 6.54. The molecule has 1 atom stereocenters. The van der Waals surface area contributed by atoms with Gasteiger partial charge in [0.15, 0.2) is 0 Å². The summed E-state index contributed by atoms with van der Waals surface area (Å²) in [5, 5.41) is 14.0. The zero-order chi connectivity index (χ0) is 15.1. The molecule has 1 aliphatic carbocycles. The van der Waals surface area contributed by atoms with E-state index in [0.717, 1.165) is 11.3 Å². The van der Waals surface area contributed by atoms with Gasteiger partial charge in [-0.15, -0.1) is 0 Å². The summed E-state index contributed by atoms with van der Waals surface area (Å²) in [6, 6.07) is 3.64. The second kappa shape index (κ2) is 7.25. The Hall–Kier alpha value is -2.60. The van der Waals surface area contributed by atoms with E-state index in [1.165, 1.54) is 6.08 Å². The van der Waals surface area contributed by atoms with Crippen molar-refractivity contribution in [3.05, 3.63) is 75.9 Å². The molecule has 0 spiro atoms. The van der Waals surface area contributed by atoms with Gasteiger partial charge in [-0.1, -0.05) is 24.3 Å². The number of hydrogen-bond acceptors (Lipinski definition) is 5. The summed E-state index contributed by atoms with van der Waals surface area (Å²) in [6.07, 6.45) is 12.2. The number of allylic oxidation sites excluding steroid dienone is 3. The number of nitro groups is 1. The van der Waals surface area contributed by atoms with Crippen molar-refractivity contribution >= 4 is 6.21 Å². The molecule has 0 saturated carbocycles. The Morgan fingerprint density at radius 3 is 3.10 bits per heavy atom. The molecule has 1 heterocycles. The molecule has 6 nitrogen and oxygen atoms in total. The maximum absolute atomic E-state index is 10.9. The topological polar surface area (TPSA) is 80.4 Å². The molecule has 1 N–H and O–H groups in total. The number of nitrogens with one attached hydrogen (secondary N) is 1. The van der Waals surface area contributed by atoms with E-state index >= 15 is 0 Å². The van der Waals surface area contributed by atoms with Gasteiger partial charge in [-0.05, 0) is 13.1 Å². The van der Waals surface area contributed by atoms with Gasteiger partial charge in [0.05, 0.1) is 23.1 Å². The number of pyridine rings is 1. The van der Waals surface area contributed by atoms with Crippen LogP contribution in [0.5, 0.6) is 0 Å². The van der Waals surface area contributed by atoms with Crippen LogP contribution < -0.4 is 5.32 Å². The number of rotatable bonds is 4. The fourth-order valence-corrected chi connectivity index (χ4v) is 1.89. The minimum Gasteiger partial charge on any atom is -0.309 e. The van der Waals surface area contributed by atoms with Crippen LogP contribution in [0.3, 0.4) is 0 Å². The van der Waals surface area contributed by atoms with Crippen molar-refractivity contribution in [1.29, 1.82) is 0 Å². The summed E-state index contributed by atoms with van der Waals surface area (Å²) >= 11 is 0. The molecule has 2 rings (SSSR count). The molecule has 0 radical (unpaired) electrons. The third-order valence-electron chi connectivity index (χ3n) is 3.02. The van der Waals surface area contributed by atoms with Gasteiger partial charge in [-0.3, -0.25) is 20.1 Å². The second-order valence-electron chi connectivity index (χ2n) is 4.44. The minimum absolute atomic E-state index is 0.0810. The number of nitrogens with zero attached hydrogens (tertiary/aromatic N) is 3. The molecule has 0 amide bonds. The Morgan fingerprint density at radius 1 is 1.57 bits per heavy atom. The van der Waals surface area contributed by atoms with Gasteiger partial charge in [0.1, 0.15) is 0 Å². The summed E-state index contributed by atoms with van der Waals surface area (Å²) in [5.41, 5.74) is 1.77. The van der Waals surface area contributed by atoms with E-state index in [4.69, 9.17) is 0 Å². The Labute approximate surface area is 122 Å². The lowest BCUT2D eigenvalue weighted by atomic mass is 10.1. The largest absolute Gasteiger partial charge is 0.309 e. The lowest BCUT2D eigenvalue weighted by molar-refractivity contribution is -0.426. The van der Waals surface area contributed by atoms with Crippen LogP contribution in [0.4, 0.5) is 0 Å². The third kappa shape index (κ3) is 4.19. The van der Waals surface area contributed by atoms with Crippen LogP contribution in [0.2, 0.25) is 0 Å². The predicted octanol–water partition coefficient (Wildman–Crippen LogP) is 2.09. The molecule has 0 bridgehead atoms. The molecular formula is C15H16N4O2. The summed E-state index contributed by atoms with van der Waals surface area (Å²) in [4.78, 5) is 18.9. The molecule has 21 heavy (non-hydrogen) atoms. The van der Waals surface area contributed by atoms with Crippen LogP contribution in [0.25, 0.3) is 0 Å². The van der Waals surface area contributed by atoms with Crippen LogP contribution in [0.1, 0.15) is 12.0 Å². The van der Waals surface area contributed by atoms with E-state index in [-0.39, 0.29) is 23.1 Å². The van der Waals surface area contributed by atoms with E-state index in [9.17, 15) is 10.1 Å². The molecule has 1 unspecified atom stereocenters. The number of aromatic nitrogens is 1. The Bertz CT molecular complexity index is 618. The van der Waals surface area contributed by atoms with Gasteiger partial charge >= 0.3 is 0 Å². The van der Waals surface area contributed by atoms with Crippen molar-refractivity contribution in [2.24, 2.45) is 4.99 Å². The highest BCUT2D eigenvalue weighted by molar-refractivity contribution is 5.79. The molecule has 0 fully saturated rings. The normalized spacial score (nSPS) is 23.8. The van der Waals surface area contributed by atoms with E-state index in [0.29, 0.717) is 0 Å². The van der Waals surface area contributed by atoms with Gasteiger partial charge in [0.25, 0.3) is 0 Å².